The Hall–Kier alpha value is -3.14. The molecule has 1 amide bonds. The first-order chi connectivity index (χ1) is 15.4. The first kappa shape index (κ1) is 22.1. The fraction of sp³-hybridized carbons (Fsp3) is 0.409. The van der Waals surface area contributed by atoms with E-state index in [2.05, 4.69) is 24.3 Å². The van der Waals surface area contributed by atoms with Gasteiger partial charge >= 0.3 is 0 Å². The summed E-state index contributed by atoms with van der Waals surface area (Å²) in [5, 5.41) is 2.88. The maximum absolute atomic E-state index is 12.3. The number of nitrogens with one attached hydrogen (secondary N) is 2. The Balaban J connectivity index is 1.42. The molecule has 170 valence electrons. The van der Waals surface area contributed by atoms with Crippen molar-refractivity contribution in [2.24, 2.45) is 16.0 Å². The summed E-state index contributed by atoms with van der Waals surface area (Å²) >= 11 is -1.57. The van der Waals surface area contributed by atoms with Gasteiger partial charge in [0, 0.05) is 25.0 Å². The van der Waals surface area contributed by atoms with Gasteiger partial charge in [0.1, 0.15) is 23.1 Å². The number of carbonyl (C=O) groups is 1. The highest BCUT2D eigenvalue weighted by Gasteiger charge is 2.24. The zero-order valence-electron chi connectivity index (χ0n) is 18.2. The van der Waals surface area contributed by atoms with Crippen LogP contribution >= 0.6 is 0 Å². The molecule has 2 atom stereocenters. The molecule has 2 aliphatic heterocycles. The highest BCUT2D eigenvalue weighted by atomic mass is 32.2. The summed E-state index contributed by atoms with van der Waals surface area (Å²) in [6.45, 7) is 6.03. The van der Waals surface area contributed by atoms with Crippen molar-refractivity contribution in [2.75, 3.05) is 29.3 Å². The summed E-state index contributed by atoms with van der Waals surface area (Å²) in [5.41, 5.74) is 7.72. The molecule has 0 saturated carbocycles. The third-order valence-corrected chi connectivity index (χ3v) is 6.12. The third-order valence-electron chi connectivity index (χ3n) is 5.37. The number of ether oxygens (including phenoxy) is 1. The van der Waals surface area contributed by atoms with E-state index >= 15 is 0 Å². The minimum Gasteiger partial charge on any atom is -0.492 e. The number of aromatic nitrogens is 1. The fourth-order valence-electron chi connectivity index (χ4n) is 3.93. The van der Waals surface area contributed by atoms with E-state index in [1.54, 1.807) is 12.1 Å². The topological polar surface area (TPSA) is 122 Å². The lowest BCUT2D eigenvalue weighted by molar-refractivity contribution is 0.0938. The van der Waals surface area contributed by atoms with Crippen LogP contribution in [0.5, 0.6) is 5.75 Å². The predicted octanol–water partition coefficient (Wildman–Crippen LogP) is 2.22. The number of anilines is 2. The number of hydrogen-bond donors (Lipinski definition) is 3. The molecule has 1 aromatic heterocycles. The minimum atomic E-state index is -1.57. The van der Waals surface area contributed by atoms with E-state index in [4.69, 9.17) is 10.5 Å². The van der Waals surface area contributed by atoms with Crippen LogP contribution in [0.2, 0.25) is 0 Å². The molecule has 0 aliphatic carbocycles. The molecule has 9 nitrogen and oxygen atoms in total. The highest BCUT2D eigenvalue weighted by Crippen LogP contribution is 2.30. The normalized spacial score (nSPS) is 20.2. The molecule has 4 rings (SSSR count). The molecule has 1 aromatic carbocycles. The Morgan fingerprint density at radius 3 is 2.97 bits per heavy atom. The van der Waals surface area contributed by atoms with E-state index in [0.717, 1.165) is 31.7 Å². The van der Waals surface area contributed by atoms with Gasteiger partial charge in [0.25, 0.3) is 5.91 Å². The molecule has 1 saturated heterocycles. The lowest BCUT2D eigenvalue weighted by Gasteiger charge is -2.33. The lowest BCUT2D eigenvalue weighted by atomic mass is 9.99. The van der Waals surface area contributed by atoms with Gasteiger partial charge in [-0.25, -0.2) is 9.19 Å². The SMILES string of the molecule is CC(C)NC(=O)c1cccc(N2CCCC(COc3cccc4c3C(N)=NS(=O)N4)C2)n1. The quantitative estimate of drug-likeness (QED) is 0.613. The van der Waals surface area contributed by atoms with E-state index in [1.165, 1.54) is 0 Å². The molecule has 3 heterocycles. The van der Waals surface area contributed by atoms with Crippen molar-refractivity contribution in [3.63, 3.8) is 0 Å². The van der Waals surface area contributed by atoms with Crippen molar-refractivity contribution in [1.82, 2.24) is 10.3 Å². The van der Waals surface area contributed by atoms with Crippen molar-refractivity contribution in [3.8, 4) is 5.75 Å². The van der Waals surface area contributed by atoms with E-state index in [0.29, 0.717) is 35.2 Å². The average Bonchev–Trinajstić information content (AvgIpc) is 2.77. The number of benzene rings is 1. The summed E-state index contributed by atoms with van der Waals surface area (Å²) in [6.07, 6.45) is 2.04. The molecule has 0 bridgehead atoms. The lowest BCUT2D eigenvalue weighted by Crippen LogP contribution is -2.39. The second-order valence-electron chi connectivity index (χ2n) is 8.28. The Kier molecular flexibility index (Phi) is 6.59. The van der Waals surface area contributed by atoms with Crippen molar-refractivity contribution >= 4 is 34.4 Å². The number of carbonyl (C=O) groups excluding carboxylic acids is 1. The number of nitrogens with zero attached hydrogens (tertiary/aromatic N) is 3. The number of nitrogens with two attached hydrogens (primary N) is 1. The second kappa shape index (κ2) is 9.56. The van der Waals surface area contributed by atoms with Crippen LogP contribution in [-0.4, -0.2) is 46.7 Å². The summed E-state index contributed by atoms with van der Waals surface area (Å²) < 4.78 is 24.5. The molecular weight excluding hydrogens is 428 g/mol. The van der Waals surface area contributed by atoms with Crippen LogP contribution in [0, 0.1) is 5.92 Å². The van der Waals surface area contributed by atoms with Crippen molar-refractivity contribution in [3.05, 3.63) is 47.7 Å². The van der Waals surface area contributed by atoms with Gasteiger partial charge in [-0.3, -0.25) is 9.52 Å². The number of fused-ring (bicyclic) bond motifs is 1. The largest absolute Gasteiger partial charge is 0.492 e. The van der Waals surface area contributed by atoms with Gasteiger partial charge in [0.15, 0.2) is 0 Å². The molecule has 2 unspecified atom stereocenters. The second-order valence-corrected chi connectivity index (χ2v) is 9.17. The summed E-state index contributed by atoms with van der Waals surface area (Å²) in [6, 6.07) is 11.1. The Labute approximate surface area is 190 Å². The van der Waals surface area contributed by atoms with Gasteiger partial charge in [-0.2, -0.15) is 4.40 Å². The van der Waals surface area contributed by atoms with E-state index in [1.807, 2.05) is 38.1 Å². The van der Waals surface area contributed by atoms with Gasteiger partial charge < -0.3 is 20.7 Å². The fourth-order valence-corrected chi connectivity index (χ4v) is 4.61. The van der Waals surface area contributed by atoms with Gasteiger partial charge in [-0.1, -0.05) is 12.1 Å². The predicted molar refractivity (Wildman–Crippen MR) is 126 cm³/mol. The number of pyridine rings is 1. The molecule has 1 fully saturated rings. The minimum absolute atomic E-state index is 0.0579. The van der Waals surface area contributed by atoms with E-state index in [-0.39, 0.29) is 17.8 Å². The third kappa shape index (κ3) is 5.01. The Morgan fingerprint density at radius 1 is 1.34 bits per heavy atom. The van der Waals surface area contributed by atoms with Crippen LogP contribution < -0.4 is 25.4 Å². The molecule has 0 radical (unpaired) electrons. The molecule has 0 spiro atoms. The number of piperidine rings is 1. The molecule has 32 heavy (non-hydrogen) atoms. The molecule has 2 aliphatic rings. The number of amidine groups is 1. The first-order valence-electron chi connectivity index (χ1n) is 10.7. The van der Waals surface area contributed by atoms with Gasteiger partial charge in [0.05, 0.1) is 17.9 Å². The van der Waals surface area contributed by atoms with Crippen molar-refractivity contribution in [1.29, 1.82) is 0 Å². The number of hydrogen-bond acceptors (Lipinski definition) is 6. The summed E-state index contributed by atoms with van der Waals surface area (Å²) in [7, 11) is 0. The zero-order valence-corrected chi connectivity index (χ0v) is 19.0. The van der Waals surface area contributed by atoms with Crippen LogP contribution in [0.3, 0.4) is 0 Å². The monoisotopic (exact) mass is 456 g/mol. The highest BCUT2D eigenvalue weighted by molar-refractivity contribution is 7.85. The summed E-state index contributed by atoms with van der Waals surface area (Å²) in [5.74, 6) is 1.75. The van der Waals surface area contributed by atoms with E-state index < -0.39 is 11.2 Å². The molecule has 2 aromatic rings. The van der Waals surface area contributed by atoms with Crippen LogP contribution in [-0.2, 0) is 11.2 Å². The standard InChI is InChI=1S/C22H28N6O3S/c1-14(2)24-22(29)17-8-4-10-19(25-17)28-11-5-6-15(12-28)13-31-18-9-3-7-16-20(18)21(23)27-32(30)26-16/h3-4,7-10,14-15,26H,5-6,11-13H2,1-2H3,(H2,23,27)(H,24,29). The van der Waals surface area contributed by atoms with Crippen LogP contribution in [0.15, 0.2) is 40.8 Å². The Bertz CT molecular complexity index is 1060. The molecular formula is C22H28N6O3S. The molecule has 4 N–H and O–H groups in total. The van der Waals surface area contributed by atoms with Crippen molar-refractivity contribution in [2.45, 2.75) is 32.7 Å². The van der Waals surface area contributed by atoms with Gasteiger partial charge in [-0.05, 0) is 51.0 Å². The zero-order chi connectivity index (χ0) is 22.7. The van der Waals surface area contributed by atoms with E-state index in [9.17, 15) is 9.00 Å². The Morgan fingerprint density at radius 2 is 2.16 bits per heavy atom. The number of rotatable bonds is 6. The summed E-state index contributed by atoms with van der Waals surface area (Å²) in [4.78, 5) is 19.1. The van der Waals surface area contributed by atoms with Crippen LogP contribution in [0.1, 0.15) is 42.7 Å². The molecule has 10 heteroatoms. The first-order valence-corrected chi connectivity index (χ1v) is 11.8. The van der Waals surface area contributed by atoms with Gasteiger partial charge in [0.2, 0.25) is 11.2 Å². The van der Waals surface area contributed by atoms with Crippen LogP contribution in [0.4, 0.5) is 11.5 Å². The average molecular weight is 457 g/mol. The maximum Gasteiger partial charge on any atom is 0.270 e. The van der Waals surface area contributed by atoms with Gasteiger partial charge in [-0.15, -0.1) is 0 Å². The maximum atomic E-state index is 12.3. The smallest absolute Gasteiger partial charge is 0.270 e. The number of amides is 1. The van der Waals surface area contributed by atoms with Crippen LogP contribution in [0.25, 0.3) is 0 Å². The van der Waals surface area contributed by atoms with Crippen molar-refractivity contribution < 1.29 is 13.7 Å².